The standard InChI is InChI=1S/C18H17N5O/c1-23-16(12-4-5-12)10-15(22-23)18(24)21-17-9-13(6-8-20-17)14-3-2-7-19-11-14/h2-3,6-12H,4-5H2,1H3,(H,20,21,24). The van der Waals surface area contributed by atoms with Gasteiger partial charge in [0, 0.05) is 42.8 Å². The van der Waals surface area contributed by atoms with Crippen LogP contribution in [0.2, 0.25) is 0 Å². The van der Waals surface area contributed by atoms with Gasteiger partial charge < -0.3 is 5.32 Å². The topological polar surface area (TPSA) is 72.7 Å². The number of rotatable bonds is 4. The van der Waals surface area contributed by atoms with Crippen molar-refractivity contribution >= 4 is 11.7 Å². The summed E-state index contributed by atoms with van der Waals surface area (Å²) in [7, 11) is 1.88. The molecule has 6 heteroatoms. The number of nitrogens with zero attached hydrogens (tertiary/aromatic N) is 4. The van der Waals surface area contributed by atoms with E-state index >= 15 is 0 Å². The number of hydrogen-bond donors (Lipinski definition) is 1. The number of aryl methyl sites for hydroxylation is 1. The molecule has 6 nitrogen and oxygen atoms in total. The summed E-state index contributed by atoms with van der Waals surface area (Å²) in [6, 6.07) is 9.44. The highest BCUT2D eigenvalue weighted by Crippen LogP contribution is 2.39. The minimum atomic E-state index is -0.242. The first-order valence-electron chi connectivity index (χ1n) is 7.92. The summed E-state index contributed by atoms with van der Waals surface area (Å²) in [6.45, 7) is 0. The van der Waals surface area contributed by atoms with Crippen molar-refractivity contribution < 1.29 is 4.79 Å². The lowest BCUT2D eigenvalue weighted by Gasteiger charge is -2.05. The zero-order valence-electron chi connectivity index (χ0n) is 13.3. The first-order chi connectivity index (χ1) is 11.7. The van der Waals surface area contributed by atoms with Crippen LogP contribution in [0.1, 0.15) is 34.9 Å². The Morgan fingerprint density at radius 2 is 2.08 bits per heavy atom. The summed E-state index contributed by atoms with van der Waals surface area (Å²) < 4.78 is 1.80. The minimum absolute atomic E-state index is 0.242. The SMILES string of the molecule is Cn1nc(C(=O)Nc2cc(-c3cccnc3)ccn2)cc1C1CC1. The van der Waals surface area contributed by atoms with Crippen LogP contribution >= 0.6 is 0 Å². The second kappa shape index (κ2) is 5.88. The number of aromatic nitrogens is 4. The lowest BCUT2D eigenvalue weighted by molar-refractivity contribution is 0.102. The van der Waals surface area contributed by atoms with E-state index in [4.69, 9.17) is 0 Å². The average Bonchev–Trinajstić information content (AvgIpc) is 3.38. The molecule has 0 aromatic carbocycles. The highest BCUT2D eigenvalue weighted by Gasteiger charge is 2.28. The molecule has 3 aromatic rings. The molecule has 0 saturated heterocycles. The van der Waals surface area contributed by atoms with Gasteiger partial charge in [0.25, 0.3) is 5.91 Å². The number of nitrogens with one attached hydrogen (secondary N) is 1. The minimum Gasteiger partial charge on any atom is -0.305 e. The van der Waals surface area contributed by atoms with Gasteiger partial charge in [-0.2, -0.15) is 5.10 Å². The van der Waals surface area contributed by atoms with Crippen molar-refractivity contribution in [1.82, 2.24) is 19.7 Å². The van der Waals surface area contributed by atoms with Crippen LogP contribution in [0.25, 0.3) is 11.1 Å². The number of anilines is 1. The van der Waals surface area contributed by atoms with Gasteiger partial charge in [-0.15, -0.1) is 0 Å². The molecule has 0 aliphatic heterocycles. The maximum absolute atomic E-state index is 12.4. The molecular formula is C18H17N5O. The molecule has 1 aliphatic rings. The molecule has 1 fully saturated rings. The Hall–Kier alpha value is -3.02. The third kappa shape index (κ3) is 2.90. The van der Waals surface area contributed by atoms with E-state index < -0.39 is 0 Å². The summed E-state index contributed by atoms with van der Waals surface area (Å²) in [5.74, 6) is 0.810. The molecule has 0 spiro atoms. The smallest absolute Gasteiger partial charge is 0.277 e. The van der Waals surface area contributed by atoms with Gasteiger partial charge in [0.2, 0.25) is 0 Å². The maximum Gasteiger partial charge on any atom is 0.277 e. The quantitative estimate of drug-likeness (QED) is 0.802. The predicted octanol–water partition coefficient (Wildman–Crippen LogP) is 3.01. The molecule has 3 aromatic heterocycles. The van der Waals surface area contributed by atoms with Gasteiger partial charge in [0.1, 0.15) is 5.82 Å². The third-order valence-corrected chi connectivity index (χ3v) is 4.14. The largest absolute Gasteiger partial charge is 0.305 e. The van der Waals surface area contributed by atoms with E-state index in [1.807, 2.05) is 37.4 Å². The second-order valence-corrected chi connectivity index (χ2v) is 5.98. The lowest BCUT2D eigenvalue weighted by atomic mass is 10.1. The summed E-state index contributed by atoms with van der Waals surface area (Å²) in [5.41, 5.74) is 3.47. The van der Waals surface area contributed by atoms with Gasteiger partial charge in [-0.3, -0.25) is 14.5 Å². The molecule has 0 atom stereocenters. The zero-order valence-corrected chi connectivity index (χ0v) is 13.3. The van der Waals surface area contributed by atoms with E-state index in [2.05, 4.69) is 20.4 Å². The van der Waals surface area contributed by atoms with Gasteiger partial charge in [-0.05, 0) is 42.7 Å². The normalized spacial score (nSPS) is 13.7. The Balaban J connectivity index is 1.55. The van der Waals surface area contributed by atoms with Crippen molar-refractivity contribution in [3.05, 3.63) is 60.3 Å². The van der Waals surface area contributed by atoms with Crippen molar-refractivity contribution in [3.63, 3.8) is 0 Å². The molecule has 4 rings (SSSR count). The summed E-state index contributed by atoms with van der Waals surface area (Å²) >= 11 is 0. The molecule has 1 amide bonds. The van der Waals surface area contributed by atoms with Gasteiger partial charge in [-0.25, -0.2) is 4.98 Å². The lowest BCUT2D eigenvalue weighted by Crippen LogP contribution is -2.14. The first kappa shape index (κ1) is 14.6. The summed E-state index contributed by atoms with van der Waals surface area (Å²) in [5, 5.41) is 7.14. The van der Waals surface area contributed by atoms with Crippen molar-refractivity contribution in [2.24, 2.45) is 7.05 Å². The molecule has 3 heterocycles. The molecule has 0 unspecified atom stereocenters. The molecule has 0 radical (unpaired) electrons. The van der Waals surface area contributed by atoms with Crippen LogP contribution in [0.5, 0.6) is 0 Å². The monoisotopic (exact) mass is 319 g/mol. The van der Waals surface area contributed by atoms with Crippen molar-refractivity contribution in [1.29, 1.82) is 0 Å². The van der Waals surface area contributed by atoms with E-state index in [0.717, 1.165) is 16.8 Å². The Labute approximate surface area is 139 Å². The molecule has 24 heavy (non-hydrogen) atoms. The van der Waals surface area contributed by atoms with Crippen LogP contribution < -0.4 is 5.32 Å². The average molecular weight is 319 g/mol. The van der Waals surface area contributed by atoms with Crippen molar-refractivity contribution in [2.75, 3.05) is 5.32 Å². The first-order valence-corrected chi connectivity index (χ1v) is 7.92. The zero-order chi connectivity index (χ0) is 16.5. The van der Waals surface area contributed by atoms with Crippen LogP contribution in [-0.2, 0) is 7.05 Å². The Morgan fingerprint density at radius 1 is 1.21 bits per heavy atom. The fourth-order valence-corrected chi connectivity index (χ4v) is 2.75. The predicted molar refractivity (Wildman–Crippen MR) is 90.6 cm³/mol. The van der Waals surface area contributed by atoms with Gasteiger partial charge in [0.05, 0.1) is 0 Å². The highest BCUT2D eigenvalue weighted by molar-refractivity contribution is 6.02. The number of carbonyl (C=O) groups excluding carboxylic acids is 1. The molecular weight excluding hydrogens is 302 g/mol. The Morgan fingerprint density at radius 3 is 2.83 bits per heavy atom. The molecule has 0 bridgehead atoms. The molecule has 1 N–H and O–H groups in total. The maximum atomic E-state index is 12.4. The molecule has 1 aliphatic carbocycles. The Bertz CT molecular complexity index is 883. The number of carbonyl (C=O) groups is 1. The van der Waals surface area contributed by atoms with E-state index in [0.29, 0.717) is 17.4 Å². The fourth-order valence-electron chi connectivity index (χ4n) is 2.75. The van der Waals surface area contributed by atoms with Crippen LogP contribution in [0.15, 0.2) is 48.9 Å². The van der Waals surface area contributed by atoms with Gasteiger partial charge in [-0.1, -0.05) is 6.07 Å². The summed E-state index contributed by atoms with van der Waals surface area (Å²) in [6.07, 6.45) is 7.53. The van der Waals surface area contributed by atoms with E-state index in [9.17, 15) is 4.79 Å². The van der Waals surface area contributed by atoms with E-state index in [1.165, 1.54) is 12.8 Å². The number of hydrogen-bond acceptors (Lipinski definition) is 4. The summed E-state index contributed by atoms with van der Waals surface area (Å²) in [4.78, 5) is 20.8. The van der Waals surface area contributed by atoms with Gasteiger partial charge in [0.15, 0.2) is 5.69 Å². The molecule has 120 valence electrons. The van der Waals surface area contributed by atoms with E-state index in [1.54, 1.807) is 23.3 Å². The van der Waals surface area contributed by atoms with E-state index in [-0.39, 0.29) is 5.91 Å². The number of pyridine rings is 2. The van der Waals surface area contributed by atoms with Crippen molar-refractivity contribution in [3.8, 4) is 11.1 Å². The Kier molecular flexibility index (Phi) is 3.57. The second-order valence-electron chi connectivity index (χ2n) is 5.98. The highest BCUT2D eigenvalue weighted by atomic mass is 16.2. The molecule has 1 saturated carbocycles. The van der Waals surface area contributed by atoms with Crippen molar-refractivity contribution in [2.45, 2.75) is 18.8 Å². The fraction of sp³-hybridized carbons (Fsp3) is 0.222. The van der Waals surface area contributed by atoms with Crippen LogP contribution in [-0.4, -0.2) is 25.7 Å². The van der Waals surface area contributed by atoms with Crippen LogP contribution in [0, 0.1) is 0 Å². The third-order valence-electron chi connectivity index (χ3n) is 4.14. The van der Waals surface area contributed by atoms with Crippen LogP contribution in [0.3, 0.4) is 0 Å². The number of amides is 1. The van der Waals surface area contributed by atoms with Crippen LogP contribution in [0.4, 0.5) is 5.82 Å². The van der Waals surface area contributed by atoms with Gasteiger partial charge >= 0.3 is 0 Å².